The number of fused-ring (bicyclic) bond motifs is 1. The summed E-state index contributed by atoms with van der Waals surface area (Å²) in [6.07, 6.45) is 5.95. The largest absolute Gasteiger partial charge is 0.508 e. The Labute approximate surface area is 158 Å². The lowest BCUT2D eigenvalue weighted by atomic mass is 10.0. The van der Waals surface area contributed by atoms with Crippen molar-refractivity contribution in [3.8, 4) is 5.75 Å². The van der Waals surface area contributed by atoms with Crippen LogP contribution in [0.2, 0.25) is 0 Å². The summed E-state index contributed by atoms with van der Waals surface area (Å²) in [5.41, 5.74) is 3.46. The van der Waals surface area contributed by atoms with Crippen LogP contribution in [0.3, 0.4) is 0 Å². The lowest BCUT2D eigenvalue weighted by Crippen LogP contribution is -2.36. The van der Waals surface area contributed by atoms with Gasteiger partial charge < -0.3 is 14.8 Å². The maximum Gasteiger partial charge on any atom is 0.252 e. The van der Waals surface area contributed by atoms with Crippen molar-refractivity contribution in [3.05, 3.63) is 65.6 Å². The molecule has 6 nitrogen and oxygen atoms in total. The molecular weight excluding hydrogens is 340 g/mol. The summed E-state index contributed by atoms with van der Waals surface area (Å²) >= 11 is 0. The van der Waals surface area contributed by atoms with Gasteiger partial charge in [0.2, 0.25) is 0 Å². The van der Waals surface area contributed by atoms with Crippen LogP contribution in [-0.2, 0) is 0 Å². The van der Waals surface area contributed by atoms with Crippen molar-refractivity contribution in [2.24, 2.45) is 0 Å². The summed E-state index contributed by atoms with van der Waals surface area (Å²) in [7, 11) is 0. The number of aromatic nitrogens is 2. The maximum absolute atomic E-state index is 12.7. The zero-order valence-electron chi connectivity index (χ0n) is 15.4. The topological polar surface area (TPSA) is 69.9 Å². The fourth-order valence-electron chi connectivity index (χ4n) is 3.77. The first kappa shape index (κ1) is 17.5. The zero-order chi connectivity index (χ0) is 18.8. The van der Waals surface area contributed by atoms with Gasteiger partial charge in [0.05, 0.1) is 11.6 Å². The van der Waals surface area contributed by atoms with E-state index in [4.69, 9.17) is 0 Å². The Balaban J connectivity index is 1.52. The quantitative estimate of drug-likeness (QED) is 0.730. The number of amides is 1. The minimum Gasteiger partial charge on any atom is -0.508 e. The Bertz CT molecular complexity index is 960. The number of phenols is 1. The summed E-state index contributed by atoms with van der Waals surface area (Å²) in [4.78, 5) is 19.4. The van der Waals surface area contributed by atoms with Crippen molar-refractivity contribution in [2.45, 2.75) is 25.8 Å². The first-order valence-electron chi connectivity index (χ1n) is 9.37. The van der Waals surface area contributed by atoms with Crippen LogP contribution in [0.5, 0.6) is 5.75 Å². The second-order valence-electron chi connectivity index (χ2n) is 7.11. The molecular formula is C21H24N4O2. The van der Waals surface area contributed by atoms with Crippen molar-refractivity contribution in [1.29, 1.82) is 0 Å². The van der Waals surface area contributed by atoms with Crippen LogP contribution in [0.1, 0.15) is 40.5 Å². The van der Waals surface area contributed by atoms with Gasteiger partial charge in [0.25, 0.3) is 5.91 Å². The van der Waals surface area contributed by atoms with Crippen LogP contribution in [0, 0.1) is 6.92 Å². The van der Waals surface area contributed by atoms with Crippen LogP contribution >= 0.6 is 0 Å². The molecule has 2 N–H and O–H groups in total. The first-order valence-corrected chi connectivity index (χ1v) is 9.37. The van der Waals surface area contributed by atoms with Crippen LogP contribution < -0.4 is 5.32 Å². The molecule has 4 rings (SSSR count). The number of carbonyl (C=O) groups excluding carboxylic acids is 1. The van der Waals surface area contributed by atoms with Crippen molar-refractivity contribution in [2.75, 3.05) is 19.6 Å². The molecule has 1 aromatic carbocycles. The molecule has 0 bridgehead atoms. The van der Waals surface area contributed by atoms with E-state index in [0.29, 0.717) is 12.1 Å². The van der Waals surface area contributed by atoms with E-state index < -0.39 is 0 Å². The molecule has 2 aromatic heterocycles. The zero-order valence-corrected chi connectivity index (χ0v) is 15.4. The number of imidazole rings is 1. The van der Waals surface area contributed by atoms with E-state index >= 15 is 0 Å². The molecule has 1 fully saturated rings. The highest BCUT2D eigenvalue weighted by atomic mass is 16.3. The predicted octanol–water partition coefficient (Wildman–Crippen LogP) is 2.92. The highest BCUT2D eigenvalue weighted by Crippen LogP contribution is 2.26. The second-order valence-corrected chi connectivity index (χ2v) is 7.11. The molecule has 0 spiro atoms. The number of aromatic hydroxyl groups is 1. The van der Waals surface area contributed by atoms with Gasteiger partial charge in [0.15, 0.2) is 0 Å². The van der Waals surface area contributed by atoms with Gasteiger partial charge in [-0.25, -0.2) is 4.98 Å². The van der Waals surface area contributed by atoms with E-state index in [1.807, 2.05) is 35.7 Å². The van der Waals surface area contributed by atoms with Gasteiger partial charge in [-0.2, -0.15) is 0 Å². The number of nitrogens with zero attached hydrogens (tertiary/aromatic N) is 3. The molecule has 140 valence electrons. The van der Waals surface area contributed by atoms with Crippen LogP contribution in [0.15, 0.2) is 48.8 Å². The van der Waals surface area contributed by atoms with Gasteiger partial charge in [-0.05, 0) is 62.7 Å². The van der Waals surface area contributed by atoms with Crippen LogP contribution in [0.4, 0.5) is 0 Å². The number of likely N-dealkylation sites (tertiary alicyclic amines) is 1. The summed E-state index contributed by atoms with van der Waals surface area (Å²) in [5.74, 6) is 0.151. The third-order valence-corrected chi connectivity index (χ3v) is 5.25. The van der Waals surface area contributed by atoms with Gasteiger partial charge in [0, 0.05) is 24.6 Å². The summed E-state index contributed by atoms with van der Waals surface area (Å²) < 4.78 is 1.92. The Morgan fingerprint density at radius 1 is 1.26 bits per heavy atom. The molecule has 0 aliphatic carbocycles. The number of pyridine rings is 1. The first-order chi connectivity index (χ1) is 13.1. The number of hydrogen-bond donors (Lipinski definition) is 2. The molecule has 6 heteroatoms. The Morgan fingerprint density at radius 3 is 2.85 bits per heavy atom. The monoisotopic (exact) mass is 364 g/mol. The molecule has 0 saturated carbocycles. The van der Waals surface area contributed by atoms with Gasteiger partial charge in [-0.1, -0.05) is 12.1 Å². The van der Waals surface area contributed by atoms with Gasteiger partial charge in [-0.3, -0.25) is 9.69 Å². The van der Waals surface area contributed by atoms with Gasteiger partial charge in [-0.15, -0.1) is 0 Å². The molecule has 27 heavy (non-hydrogen) atoms. The highest BCUT2D eigenvalue weighted by Gasteiger charge is 2.24. The normalized spacial score (nSPS) is 15.9. The summed E-state index contributed by atoms with van der Waals surface area (Å²) in [6.45, 7) is 4.49. The Kier molecular flexibility index (Phi) is 4.81. The van der Waals surface area contributed by atoms with Gasteiger partial charge >= 0.3 is 0 Å². The van der Waals surface area contributed by atoms with Crippen LogP contribution in [0.25, 0.3) is 5.65 Å². The van der Waals surface area contributed by atoms with E-state index in [2.05, 4.69) is 15.2 Å². The molecule has 1 saturated heterocycles. The molecule has 1 amide bonds. The lowest BCUT2D eigenvalue weighted by molar-refractivity contribution is 0.0937. The average Bonchev–Trinajstić information content (AvgIpc) is 3.32. The third kappa shape index (κ3) is 3.66. The highest BCUT2D eigenvalue weighted by molar-refractivity contribution is 5.94. The summed E-state index contributed by atoms with van der Waals surface area (Å²) in [6, 6.07) is 11.0. The maximum atomic E-state index is 12.7. The van der Waals surface area contributed by atoms with E-state index in [0.717, 1.165) is 30.0 Å². The number of benzene rings is 1. The van der Waals surface area contributed by atoms with E-state index in [-0.39, 0.29) is 17.7 Å². The molecule has 0 radical (unpaired) electrons. The minimum absolute atomic E-state index is 0.0577. The third-order valence-electron chi connectivity index (χ3n) is 5.25. The van der Waals surface area contributed by atoms with E-state index in [1.54, 1.807) is 24.4 Å². The lowest BCUT2D eigenvalue weighted by Gasteiger charge is -2.28. The van der Waals surface area contributed by atoms with Crippen molar-refractivity contribution in [3.63, 3.8) is 0 Å². The van der Waals surface area contributed by atoms with Gasteiger partial charge in [0.1, 0.15) is 11.4 Å². The number of phenolic OH excluding ortho intramolecular Hbond substituents is 1. The molecule has 3 aromatic rings. The predicted molar refractivity (Wildman–Crippen MR) is 104 cm³/mol. The SMILES string of the molecule is Cc1cnc2ccc(C(=O)NCC(c3cccc(O)c3)N3CCCC3)cn12. The molecule has 1 unspecified atom stereocenters. The van der Waals surface area contributed by atoms with Crippen molar-refractivity contribution >= 4 is 11.6 Å². The standard InChI is InChI=1S/C21H24N4O2/c1-15-12-22-20-8-7-17(14-25(15)20)21(27)23-13-19(24-9-2-3-10-24)16-5-4-6-18(26)11-16/h4-8,11-12,14,19,26H,2-3,9-10,13H2,1H3,(H,23,27). The average molecular weight is 364 g/mol. The summed E-state index contributed by atoms with van der Waals surface area (Å²) in [5, 5.41) is 12.9. The number of nitrogens with one attached hydrogen (secondary N) is 1. The minimum atomic E-state index is -0.102. The number of rotatable bonds is 5. The Hall–Kier alpha value is -2.86. The molecule has 3 heterocycles. The second kappa shape index (κ2) is 7.40. The van der Waals surface area contributed by atoms with E-state index in [9.17, 15) is 9.90 Å². The number of hydrogen-bond acceptors (Lipinski definition) is 4. The smallest absolute Gasteiger partial charge is 0.252 e. The molecule has 1 atom stereocenters. The Morgan fingerprint density at radius 2 is 2.07 bits per heavy atom. The fourth-order valence-corrected chi connectivity index (χ4v) is 3.77. The van der Waals surface area contributed by atoms with Crippen LogP contribution in [-0.4, -0.2) is 44.9 Å². The van der Waals surface area contributed by atoms with E-state index in [1.165, 1.54) is 12.8 Å². The molecule has 1 aliphatic heterocycles. The molecule has 1 aliphatic rings. The fraction of sp³-hybridized carbons (Fsp3) is 0.333. The van der Waals surface area contributed by atoms with Crippen molar-refractivity contribution < 1.29 is 9.90 Å². The number of carbonyl (C=O) groups is 1. The van der Waals surface area contributed by atoms with Crippen molar-refractivity contribution in [1.82, 2.24) is 19.6 Å². The number of aryl methyl sites for hydroxylation is 1.